The van der Waals surface area contributed by atoms with Crippen molar-refractivity contribution < 1.29 is 19.4 Å². The summed E-state index contributed by atoms with van der Waals surface area (Å²) in [5.41, 5.74) is 1.20. The summed E-state index contributed by atoms with van der Waals surface area (Å²) in [6, 6.07) is 10.2. The maximum atomic E-state index is 13.0. The van der Waals surface area contributed by atoms with Gasteiger partial charge in [-0.15, -0.1) is 0 Å². The van der Waals surface area contributed by atoms with Gasteiger partial charge < -0.3 is 14.7 Å². The second-order valence-electron chi connectivity index (χ2n) is 6.58. The number of aromatic nitrogens is 3. The zero-order valence-corrected chi connectivity index (χ0v) is 15.3. The minimum absolute atomic E-state index is 0.0842. The lowest BCUT2D eigenvalue weighted by Crippen LogP contribution is -2.47. The van der Waals surface area contributed by atoms with Gasteiger partial charge in [-0.2, -0.15) is 5.10 Å². The van der Waals surface area contributed by atoms with Crippen molar-refractivity contribution >= 4 is 12.4 Å². The molecule has 0 spiro atoms. The second-order valence-corrected chi connectivity index (χ2v) is 6.58. The number of nitrogens with zero attached hydrogens (tertiary/aromatic N) is 4. The Bertz CT molecular complexity index is 771. The van der Waals surface area contributed by atoms with E-state index < -0.39 is 0 Å². The topological polar surface area (TPSA) is 97.5 Å². The first-order chi connectivity index (χ1) is 13.1. The number of hydrogen-bond donors (Lipinski definition) is 1. The number of amides is 1. The molecule has 1 amide bonds. The Hall–Kier alpha value is -2.74. The van der Waals surface area contributed by atoms with Crippen molar-refractivity contribution in [2.75, 3.05) is 13.2 Å². The number of rotatable bonds is 3. The summed E-state index contributed by atoms with van der Waals surface area (Å²) in [5, 5.41) is 11.4. The molecule has 8 nitrogen and oxygen atoms in total. The number of ether oxygens (including phenoxy) is 1. The number of fused-ring (bicyclic) bond motifs is 1. The Balaban J connectivity index is 0.000000659. The van der Waals surface area contributed by atoms with Crippen LogP contribution in [0.1, 0.15) is 36.1 Å². The Morgan fingerprint density at radius 3 is 2.74 bits per heavy atom. The van der Waals surface area contributed by atoms with Gasteiger partial charge >= 0.3 is 0 Å². The van der Waals surface area contributed by atoms with Crippen LogP contribution < -0.4 is 0 Å². The minimum atomic E-state index is -0.293. The third-order valence-corrected chi connectivity index (χ3v) is 4.79. The van der Waals surface area contributed by atoms with Crippen LogP contribution in [-0.2, 0) is 27.3 Å². The molecular formula is C19H24N4O4. The third-order valence-electron chi connectivity index (χ3n) is 4.79. The van der Waals surface area contributed by atoms with Gasteiger partial charge in [-0.25, -0.2) is 9.67 Å². The van der Waals surface area contributed by atoms with E-state index in [0.29, 0.717) is 19.7 Å². The Morgan fingerprint density at radius 2 is 2.07 bits per heavy atom. The van der Waals surface area contributed by atoms with Crippen molar-refractivity contribution in [3.8, 4) is 0 Å². The monoisotopic (exact) mass is 372 g/mol. The molecule has 0 radical (unpaired) electrons. The lowest BCUT2D eigenvalue weighted by molar-refractivity contribution is -0.145. The predicted octanol–water partition coefficient (Wildman–Crippen LogP) is 1.59. The van der Waals surface area contributed by atoms with Gasteiger partial charge in [0.25, 0.3) is 12.4 Å². The highest BCUT2D eigenvalue weighted by atomic mass is 16.5. The van der Waals surface area contributed by atoms with Crippen molar-refractivity contribution in [3.63, 3.8) is 0 Å². The van der Waals surface area contributed by atoms with E-state index in [4.69, 9.17) is 14.6 Å². The summed E-state index contributed by atoms with van der Waals surface area (Å²) in [6.07, 6.45) is 2.23. The molecule has 1 aromatic carbocycles. The summed E-state index contributed by atoms with van der Waals surface area (Å²) < 4.78 is 7.57. The number of aryl methyl sites for hydroxylation is 1. The number of carboxylic acid groups (broad SMARTS) is 1. The quantitative estimate of drug-likeness (QED) is 0.822. The molecule has 3 heterocycles. The van der Waals surface area contributed by atoms with Crippen LogP contribution in [0.25, 0.3) is 0 Å². The van der Waals surface area contributed by atoms with Crippen LogP contribution in [0.15, 0.2) is 30.3 Å². The number of hydrogen-bond acceptors (Lipinski definition) is 5. The van der Waals surface area contributed by atoms with Crippen LogP contribution in [0.2, 0.25) is 0 Å². The predicted molar refractivity (Wildman–Crippen MR) is 97.0 cm³/mol. The lowest BCUT2D eigenvalue weighted by Gasteiger charge is -2.36. The van der Waals surface area contributed by atoms with E-state index in [1.54, 1.807) is 0 Å². The van der Waals surface area contributed by atoms with Crippen molar-refractivity contribution in [1.29, 1.82) is 0 Å². The molecule has 4 rings (SSSR count). The Kier molecular flexibility index (Phi) is 6.18. The fraction of sp³-hybridized carbons (Fsp3) is 0.474. The highest BCUT2D eigenvalue weighted by Gasteiger charge is 2.37. The minimum Gasteiger partial charge on any atom is -0.483 e. The smallest absolute Gasteiger partial charge is 0.290 e. The normalized spacial score (nSPS) is 21.1. The molecule has 2 aliphatic rings. The molecule has 1 N–H and O–H groups in total. The molecule has 8 heteroatoms. The molecule has 0 aliphatic carbocycles. The first kappa shape index (κ1) is 19.0. The molecular weight excluding hydrogens is 348 g/mol. The van der Waals surface area contributed by atoms with Gasteiger partial charge in [0.2, 0.25) is 0 Å². The van der Waals surface area contributed by atoms with Crippen molar-refractivity contribution in [2.24, 2.45) is 0 Å². The first-order valence-corrected chi connectivity index (χ1v) is 9.09. The lowest BCUT2D eigenvalue weighted by atomic mass is 10.0. The number of carbonyl (C=O) groups excluding carboxylic acids is 1. The van der Waals surface area contributed by atoms with E-state index in [0.717, 1.165) is 30.9 Å². The summed E-state index contributed by atoms with van der Waals surface area (Å²) in [6.45, 7) is 3.69. The number of benzene rings is 1. The molecule has 144 valence electrons. The Morgan fingerprint density at radius 1 is 1.33 bits per heavy atom. The first-order valence-electron chi connectivity index (χ1n) is 9.09. The van der Waals surface area contributed by atoms with Gasteiger partial charge in [-0.05, 0) is 25.3 Å². The van der Waals surface area contributed by atoms with Gasteiger partial charge in [0, 0.05) is 19.6 Å². The standard InChI is InChI=1S/C18H22N4O2.CH2O2/c1-13-19-17-15(12-14-6-3-2-4-7-14)21(9-10-22(17)20-13)18(23)16-8-5-11-24-16;2-1-3/h2-4,6-7,15-16H,5,8-12H2,1H3;1H,(H,2,3)/t15-,16+;/m0./s1. The second kappa shape index (κ2) is 8.77. The average molecular weight is 372 g/mol. The summed E-state index contributed by atoms with van der Waals surface area (Å²) >= 11 is 0. The molecule has 0 bridgehead atoms. The van der Waals surface area contributed by atoms with E-state index in [2.05, 4.69) is 22.2 Å². The van der Waals surface area contributed by atoms with E-state index in [1.807, 2.05) is 34.7 Å². The van der Waals surface area contributed by atoms with Gasteiger partial charge in [-0.3, -0.25) is 9.59 Å². The van der Waals surface area contributed by atoms with Crippen LogP contribution in [-0.4, -0.2) is 56.4 Å². The summed E-state index contributed by atoms with van der Waals surface area (Å²) in [7, 11) is 0. The van der Waals surface area contributed by atoms with Crippen LogP contribution in [0, 0.1) is 6.92 Å². The van der Waals surface area contributed by atoms with Crippen LogP contribution in [0.3, 0.4) is 0 Å². The third kappa shape index (κ3) is 4.33. The molecule has 1 fully saturated rings. The van der Waals surface area contributed by atoms with Crippen LogP contribution in [0.4, 0.5) is 0 Å². The molecule has 2 aliphatic heterocycles. The summed E-state index contributed by atoms with van der Waals surface area (Å²) in [5.74, 6) is 1.74. The van der Waals surface area contributed by atoms with Gasteiger partial charge in [0.1, 0.15) is 17.8 Å². The van der Waals surface area contributed by atoms with Crippen LogP contribution >= 0.6 is 0 Å². The molecule has 0 unspecified atom stereocenters. The van der Waals surface area contributed by atoms with Gasteiger partial charge in [-0.1, -0.05) is 30.3 Å². The molecule has 2 atom stereocenters. The molecule has 1 aromatic heterocycles. The number of carbonyl (C=O) groups is 2. The fourth-order valence-electron chi connectivity index (χ4n) is 3.64. The maximum Gasteiger partial charge on any atom is 0.290 e. The average Bonchev–Trinajstić information content (AvgIpc) is 3.32. The molecule has 0 saturated carbocycles. The highest BCUT2D eigenvalue weighted by molar-refractivity contribution is 5.81. The van der Waals surface area contributed by atoms with E-state index in [9.17, 15) is 4.79 Å². The van der Waals surface area contributed by atoms with Crippen molar-refractivity contribution in [2.45, 2.75) is 44.9 Å². The fourth-order valence-corrected chi connectivity index (χ4v) is 3.64. The largest absolute Gasteiger partial charge is 0.483 e. The van der Waals surface area contributed by atoms with E-state index >= 15 is 0 Å². The molecule has 2 aromatic rings. The summed E-state index contributed by atoms with van der Waals surface area (Å²) in [4.78, 5) is 27.9. The maximum absolute atomic E-state index is 13.0. The zero-order chi connectivity index (χ0) is 19.2. The van der Waals surface area contributed by atoms with Crippen molar-refractivity contribution in [3.05, 3.63) is 47.5 Å². The van der Waals surface area contributed by atoms with Gasteiger partial charge in [0.05, 0.1) is 12.6 Å². The molecule has 1 saturated heterocycles. The van der Waals surface area contributed by atoms with E-state index in [1.165, 1.54) is 5.56 Å². The van der Waals surface area contributed by atoms with E-state index in [-0.39, 0.29) is 24.5 Å². The van der Waals surface area contributed by atoms with Crippen molar-refractivity contribution in [1.82, 2.24) is 19.7 Å². The van der Waals surface area contributed by atoms with Crippen LogP contribution in [0.5, 0.6) is 0 Å². The SMILES string of the molecule is Cc1nc2n(n1)CCN(C(=O)[C@H]1CCCO1)[C@H]2Cc1ccccc1.O=CO. The molecule has 27 heavy (non-hydrogen) atoms. The highest BCUT2D eigenvalue weighted by Crippen LogP contribution is 2.30. The van der Waals surface area contributed by atoms with Gasteiger partial charge in [0.15, 0.2) is 0 Å². The Labute approximate surface area is 157 Å². The zero-order valence-electron chi connectivity index (χ0n) is 15.3.